The van der Waals surface area contributed by atoms with Crippen molar-refractivity contribution in [2.24, 2.45) is 0 Å². The molecule has 7 nitrogen and oxygen atoms in total. The zero-order valence-corrected chi connectivity index (χ0v) is 11.8. The summed E-state index contributed by atoms with van der Waals surface area (Å²) in [6.07, 6.45) is 0.964. The van der Waals surface area contributed by atoms with Crippen molar-refractivity contribution in [3.8, 4) is 0 Å². The van der Waals surface area contributed by atoms with E-state index in [0.717, 1.165) is 19.5 Å². The van der Waals surface area contributed by atoms with E-state index in [0.29, 0.717) is 25.1 Å². The average molecular weight is 266 g/mol. The van der Waals surface area contributed by atoms with Crippen molar-refractivity contribution in [2.75, 3.05) is 42.3 Å². The van der Waals surface area contributed by atoms with Crippen molar-refractivity contribution >= 4 is 17.8 Å². The Morgan fingerprint density at radius 3 is 2.58 bits per heavy atom. The molecule has 2 rings (SSSR count). The van der Waals surface area contributed by atoms with E-state index in [4.69, 9.17) is 10.5 Å². The van der Waals surface area contributed by atoms with Crippen LogP contribution < -0.4 is 16.0 Å². The first-order chi connectivity index (χ1) is 9.00. The van der Waals surface area contributed by atoms with E-state index >= 15 is 0 Å². The number of nitrogens with two attached hydrogens (primary N) is 1. The monoisotopic (exact) mass is 266 g/mol. The number of hydrogen-bond acceptors (Lipinski definition) is 7. The Balaban J connectivity index is 2.19. The van der Waals surface area contributed by atoms with Crippen LogP contribution in [-0.2, 0) is 4.74 Å². The summed E-state index contributed by atoms with van der Waals surface area (Å²) in [5, 5.41) is 3.29. The van der Waals surface area contributed by atoms with Crippen molar-refractivity contribution in [3.63, 3.8) is 0 Å². The summed E-state index contributed by atoms with van der Waals surface area (Å²) in [4.78, 5) is 14.9. The van der Waals surface area contributed by atoms with Gasteiger partial charge >= 0.3 is 0 Å². The number of nitrogen functional groups attached to an aromatic ring is 1. The van der Waals surface area contributed by atoms with E-state index in [2.05, 4.69) is 45.9 Å². The quantitative estimate of drug-likeness (QED) is 0.836. The molecule has 0 unspecified atom stereocenters. The average Bonchev–Trinajstić information content (AvgIpc) is 2.38. The minimum atomic E-state index is -0.0733. The minimum absolute atomic E-state index is 0.0733. The van der Waals surface area contributed by atoms with Gasteiger partial charge in [-0.05, 0) is 20.3 Å². The third-order valence-electron chi connectivity index (χ3n) is 3.27. The molecule has 1 fully saturated rings. The second-order valence-electron chi connectivity index (χ2n) is 5.28. The van der Waals surface area contributed by atoms with Crippen LogP contribution in [0.3, 0.4) is 0 Å². The van der Waals surface area contributed by atoms with Crippen molar-refractivity contribution in [2.45, 2.75) is 32.7 Å². The predicted octanol–water partition coefficient (Wildman–Crippen LogP) is 0.891. The molecule has 1 aromatic rings. The van der Waals surface area contributed by atoms with Crippen molar-refractivity contribution in [1.82, 2.24) is 15.0 Å². The summed E-state index contributed by atoms with van der Waals surface area (Å²) in [7, 11) is 0. The van der Waals surface area contributed by atoms with Gasteiger partial charge in [-0.3, -0.25) is 0 Å². The Kier molecular flexibility index (Phi) is 4.04. The third-order valence-corrected chi connectivity index (χ3v) is 3.27. The molecule has 0 saturated carbocycles. The van der Waals surface area contributed by atoms with Crippen LogP contribution in [0.4, 0.5) is 17.8 Å². The van der Waals surface area contributed by atoms with Crippen LogP contribution in [0.5, 0.6) is 0 Å². The van der Waals surface area contributed by atoms with Gasteiger partial charge in [0, 0.05) is 18.6 Å². The number of morpholine rings is 1. The molecular formula is C12H22N6O. The van der Waals surface area contributed by atoms with Gasteiger partial charge in [0.15, 0.2) is 0 Å². The SMILES string of the molecule is CCC(C)(C)Nc1nc(N)nc(N2CCOCC2)n1. The second kappa shape index (κ2) is 5.56. The van der Waals surface area contributed by atoms with E-state index in [1.807, 2.05) is 0 Å². The fourth-order valence-corrected chi connectivity index (χ4v) is 1.73. The number of nitrogens with zero attached hydrogens (tertiary/aromatic N) is 4. The van der Waals surface area contributed by atoms with Gasteiger partial charge in [0.1, 0.15) is 0 Å². The van der Waals surface area contributed by atoms with Crippen molar-refractivity contribution in [3.05, 3.63) is 0 Å². The number of rotatable bonds is 4. The van der Waals surface area contributed by atoms with E-state index in [1.165, 1.54) is 0 Å². The Labute approximate surface area is 113 Å². The second-order valence-corrected chi connectivity index (χ2v) is 5.28. The molecule has 7 heteroatoms. The summed E-state index contributed by atoms with van der Waals surface area (Å²) in [6, 6.07) is 0. The number of nitrogens with one attached hydrogen (secondary N) is 1. The van der Waals surface area contributed by atoms with Gasteiger partial charge in [0.25, 0.3) is 0 Å². The van der Waals surface area contributed by atoms with Crippen LogP contribution in [0.2, 0.25) is 0 Å². The molecule has 2 heterocycles. The number of hydrogen-bond donors (Lipinski definition) is 2. The van der Waals surface area contributed by atoms with Crippen LogP contribution in [0.1, 0.15) is 27.2 Å². The molecule has 1 saturated heterocycles. The predicted molar refractivity (Wildman–Crippen MR) is 75.3 cm³/mol. The summed E-state index contributed by atoms with van der Waals surface area (Å²) in [6.45, 7) is 9.24. The summed E-state index contributed by atoms with van der Waals surface area (Å²) >= 11 is 0. The summed E-state index contributed by atoms with van der Waals surface area (Å²) in [5.74, 6) is 1.39. The molecule has 106 valence electrons. The zero-order chi connectivity index (χ0) is 13.9. The van der Waals surface area contributed by atoms with E-state index in [1.54, 1.807) is 0 Å². The maximum atomic E-state index is 5.77. The first-order valence-corrected chi connectivity index (χ1v) is 6.62. The molecule has 3 N–H and O–H groups in total. The lowest BCUT2D eigenvalue weighted by Crippen LogP contribution is -2.38. The van der Waals surface area contributed by atoms with Gasteiger partial charge in [-0.2, -0.15) is 15.0 Å². The Bertz CT molecular complexity index is 430. The third kappa shape index (κ3) is 3.66. The molecule has 0 bridgehead atoms. The topological polar surface area (TPSA) is 89.2 Å². The van der Waals surface area contributed by atoms with Gasteiger partial charge < -0.3 is 20.7 Å². The number of aromatic nitrogens is 3. The molecule has 0 radical (unpaired) electrons. The smallest absolute Gasteiger partial charge is 0.232 e. The van der Waals surface area contributed by atoms with Gasteiger partial charge in [-0.15, -0.1) is 0 Å². The number of anilines is 3. The summed E-state index contributed by atoms with van der Waals surface area (Å²) in [5.41, 5.74) is 5.69. The first kappa shape index (κ1) is 13.8. The normalized spacial score (nSPS) is 16.5. The lowest BCUT2D eigenvalue weighted by Gasteiger charge is -2.28. The van der Waals surface area contributed by atoms with Gasteiger partial charge in [-0.25, -0.2) is 0 Å². The highest BCUT2D eigenvalue weighted by molar-refractivity contribution is 5.43. The van der Waals surface area contributed by atoms with Crippen molar-refractivity contribution in [1.29, 1.82) is 0 Å². The fraction of sp³-hybridized carbons (Fsp3) is 0.750. The Morgan fingerprint density at radius 2 is 1.95 bits per heavy atom. The fourth-order valence-electron chi connectivity index (χ4n) is 1.73. The molecular weight excluding hydrogens is 244 g/mol. The molecule has 0 spiro atoms. The molecule has 1 aromatic heterocycles. The lowest BCUT2D eigenvalue weighted by atomic mass is 10.0. The van der Waals surface area contributed by atoms with E-state index < -0.39 is 0 Å². The van der Waals surface area contributed by atoms with E-state index in [-0.39, 0.29) is 11.5 Å². The minimum Gasteiger partial charge on any atom is -0.378 e. The highest BCUT2D eigenvalue weighted by Crippen LogP contribution is 2.18. The van der Waals surface area contributed by atoms with Gasteiger partial charge in [0.2, 0.25) is 17.8 Å². The van der Waals surface area contributed by atoms with Gasteiger partial charge in [0.05, 0.1) is 13.2 Å². The van der Waals surface area contributed by atoms with Crippen LogP contribution in [0.25, 0.3) is 0 Å². The number of ether oxygens (including phenoxy) is 1. The molecule has 1 aliphatic rings. The first-order valence-electron chi connectivity index (χ1n) is 6.62. The maximum Gasteiger partial charge on any atom is 0.232 e. The van der Waals surface area contributed by atoms with Crippen LogP contribution >= 0.6 is 0 Å². The standard InChI is InChI=1S/C12H22N6O/c1-4-12(2,3)17-10-14-9(13)15-11(16-10)18-5-7-19-8-6-18/h4-8H2,1-3H3,(H3,13,14,15,16,17). The zero-order valence-electron chi connectivity index (χ0n) is 11.8. The van der Waals surface area contributed by atoms with Crippen LogP contribution in [-0.4, -0.2) is 46.8 Å². The highest BCUT2D eigenvalue weighted by atomic mass is 16.5. The van der Waals surface area contributed by atoms with Crippen molar-refractivity contribution < 1.29 is 4.74 Å². The molecule has 0 aliphatic carbocycles. The molecule has 0 atom stereocenters. The van der Waals surface area contributed by atoms with E-state index in [9.17, 15) is 0 Å². The highest BCUT2D eigenvalue weighted by Gasteiger charge is 2.19. The molecule has 0 aromatic carbocycles. The van der Waals surface area contributed by atoms with Crippen LogP contribution in [0.15, 0.2) is 0 Å². The van der Waals surface area contributed by atoms with Gasteiger partial charge in [-0.1, -0.05) is 6.92 Å². The largest absolute Gasteiger partial charge is 0.378 e. The lowest BCUT2D eigenvalue weighted by molar-refractivity contribution is 0.122. The molecule has 19 heavy (non-hydrogen) atoms. The van der Waals surface area contributed by atoms with Crippen LogP contribution in [0, 0.1) is 0 Å². The summed E-state index contributed by atoms with van der Waals surface area (Å²) < 4.78 is 5.32. The molecule has 1 aliphatic heterocycles. The maximum absolute atomic E-state index is 5.77. The molecule has 0 amide bonds. The Morgan fingerprint density at radius 1 is 1.26 bits per heavy atom. The Hall–Kier alpha value is -1.63.